The molecule has 1 aromatic heterocycles. The highest BCUT2D eigenvalue weighted by Crippen LogP contribution is 2.28. The molecule has 0 bridgehead atoms. The van der Waals surface area contributed by atoms with E-state index in [9.17, 15) is 9.59 Å². The zero-order chi connectivity index (χ0) is 17.6. The van der Waals surface area contributed by atoms with Gasteiger partial charge in [-0.15, -0.1) is 11.3 Å². The lowest BCUT2D eigenvalue weighted by Crippen LogP contribution is -2.47. The minimum Gasteiger partial charge on any atom is -0.384 e. The molecule has 5 nitrogen and oxygen atoms in total. The maximum Gasteiger partial charge on any atom is 0.220 e. The zero-order valence-electron chi connectivity index (χ0n) is 14.9. The number of Topliss-reactive ketones (excluding diaryl/α,β-unsaturated/α-hetero) is 1. The van der Waals surface area contributed by atoms with Gasteiger partial charge in [0.05, 0.1) is 6.61 Å². The summed E-state index contributed by atoms with van der Waals surface area (Å²) in [6.07, 6.45) is 2.50. The predicted octanol–water partition coefficient (Wildman–Crippen LogP) is 2.46. The number of hydrogen-bond acceptors (Lipinski definition) is 5. The Kier molecular flexibility index (Phi) is 6.95. The number of hydrogen-bond donors (Lipinski definition) is 2. The van der Waals surface area contributed by atoms with E-state index in [1.165, 1.54) is 0 Å². The van der Waals surface area contributed by atoms with Crippen molar-refractivity contribution in [3.63, 3.8) is 0 Å². The number of amides is 1. The maximum atomic E-state index is 12.3. The van der Waals surface area contributed by atoms with Gasteiger partial charge in [-0.1, -0.05) is 0 Å². The van der Waals surface area contributed by atoms with Crippen molar-refractivity contribution in [3.8, 4) is 0 Å². The summed E-state index contributed by atoms with van der Waals surface area (Å²) in [5.41, 5.74) is 0.778. The standard InChI is InChI=1S/C18H28N2O3S/c1-13-10-15(14(2)24-13)16(21)4-5-17(22)20-11-18(12-23-3)6-8-19-9-7-18/h10,19H,4-9,11-12H2,1-3H3,(H,20,22). The van der Waals surface area contributed by atoms with Crippen molar-refractivity contribution in [2.45, 2.75) is 39.5 Å². The summed E-state index contributed by atoms with van der Waals surface area (Å²) in [6.45, 7) is 7.13. The SMILES string of the molecule is COCC1(CNC(=O)CCC(=O)c2cc(C)sc2C)CCNCC1. The Bertz CT molecular complexity index is 571. The summed E-state index contributed by atoms with van der Waals surface area (Å²) in [4.78, 5) is 26.6. The van der Waals surface area contributed by atoms with Crippen LogP contribution in [0.15, 0.2) is 6.07 Å². The van der Waals surface area contributed by atoms with Crippen molar-refractivity contribution in [3.05, 3.63) is 21.4 Å². The number of methoxy groups -OCH3 is 1. The van der Waals surface area contributed by atoms with E-state index in [-0.39, 0.29) is 29.9 Å². The molecule has 6 heteroatoms. The van der Waals surface area contributed by atoms with E-state index in [0.29, 0.717) is 13.2 Å². The number of thiophene rings is 1. The summed E-state index contributed by atoms with van der Waals surface area (Å²) < 4.78 is 5.36. The summed E-state index contributed by atoms with van der Waals surface area (Å²) in [6, 6.07) is 1.92. The fraction of sp³-hybridized carbons (Fsp3) is 0.667. The zero-order valence-corrected chi connectivity index (χ0v) is 15.7. The van der Waals surface area contributed by atoms with E-state index in [1.54, 1.807) is 18.4 Å². The number of nitrogens with one attached hydrogen (secondary N) is 2. The van der Waals surface area contributed by atoms with Crippen molar-refractivity contribution >= 4 is 23.0 Å². The van der Waals surface area contributed by atoms with Crippen LogP contribution in [0.5, 0.6) is 0 Å². The fourth-order valence-corrected chi connectivity index (χ4v) is 4.22. The monoisotopic (exact) mass is 352 g/mol. The van der Waals surface area contributed by atoms with Gasteiger partial charge in [-0.2, -0.15) is 0 Å². The van der Waals surface area contributed by atoms with Crippen LogP contribution >= 0.6 is 11.3 Å². The van der Waals surface area contributed by atoms with Crippen LogP contribution in [0.2, 0.25) is 0 Å². The molecule has 2 heterocycles. The largest absolute Gasteiger partial charge is 0.384 e. The Labute approximate surface area is 148 Å². The third kappa shape index (κ3) is 5.13. The molecule has 0 spiro atoms. The van der Waals surface area contributed by atoms with E-state index < -0.39 is 0 Å². The quantitative estimate of drug-likeness (QED) is 0.705. The summed E-state index contributed by atoms with van der Waals surface area (Å²) in [5, 5.41) is 6.35. The van der Waals surface area contributed by atoms with Crippen molar-refractivity contribution < 1.29 is 14.3 Å². The lowest BCUT2D eigenvalue weighted by atomic mass is 9.79. The van der Waals surface area contributed by atoms with Gasteiger partial charge in [0, 0.05) is 47.2 Å². The first-order valence-corrected chi connectivity index (χ1v) is 9.34. The Morgan fingerprint density at radius 2 is 2.00 bits per heavy atom. The summed E-state index contributed by atoms with van der Waals surface area (Å²) >= 11 is 1.62. The molecule has 0 aromatic carbocycles. The number of piperidine rings is 1. The first-order chi connectivity index (χ1) is 11.5. The number of carbonyl (C=O) groups excluding carboxylic acids is 2. The van der Waals surface area contributed by atoms with Gasteiger partial charge >= 0.3 is 0 Å². The fourth-order valence-electron chi connectivity index (χ4n) is 3.28. The number of ketones is 1. The molecule has 1 aliphatic rings. The third-order valence-corrected chi connectivity index (χ3v) is 5.66. The molecule has 1 amide bonds. The van der Waals surface area contributed by atoms with Crippen LogP contribution < -0.4 is 10.6 Å². The molecule has 0 saturated carbocycles. The van der Waals surface area contributed by atoms with Gasteiger partial charge in [0.15, 0.2) is 5.78 Å². The molecule has 1 aromatic rings. The highest BCUT2D eigenvalue weighted by molar-refractivity contribution is 7.12. The predicted molar refractivity (Wildman–Crippen MR) is 96.8 cm³/mol. The lowest BCUT2D eigenvalue weighted by molar-refractivity contribution is -0.122. The van der Waals surface area contributed by atoms with Gasteiger partial charge in [-0.3, -0.25) is 9.59 Å². The van der Waals surface area contributed by atoms with E-state index >= 15 is 0 Å². The second-order valence-corrected chi connectivity index (χ2v) is 8.17. The number of rotatable bonds is 8. The molecular formula is C18H28N2O3S. The van der Waals surface area contributed by atoms with Gasteiger partial charge in [0.1, 0.15) is 0 Å². The minimum absolute atomic E-state index is 0.0146. The highest BCUT2D eigenvalue weighted by atomic mass is 32.1. The molecular weight excluding hydrogens is 324 g/mol. The summed E-state index contributed by atoms with van der Waals surface area (Å²) in [7, 11) is 1.70. The van der Waals surface area contributed by atoms with Gasteiger partial charge in [0.2, 0.25) is 5.91 Å². The second kappa shape index (κ2) is 8.74. The molecule has 0 radical (unpaired) electrons. The van der Waals surface area contributed by atoms with E-state index in [1.807, 2.05) is 19.9 Å². The molecule has 24 heavy (non-hydrogen) atoms. The number of aryl methyl sites for hydroxylation is 2. The maximum absolute atomic E-state index is 12.3. The topological polar surface area (TPSA) is 67.4 Å². The van der Waals surface area contributed by atoms with Crippen LogP contribution in [0.1, 0.15) is 45.8 Å². The van der Waals surface area contributed by atoms with E-state index in [0.717, 1.165) is 41.2 Å². The molecule has 1 aliphatic heterocycles. The van der Waals surface area contributed by atoms with Gasteiger partial charge in [0.25, 0.3) is 0 Å². The van der Waals surface area contributed by atoms with Crippen LogP contribution in [0, 0.1) is 19.3 Å². The third-order valence-electron chi connectivity index (χ3n) is 4.70. The van der Waals surface area contributed by atoms with Crippen molar-refractivity contribution in [2.75, 3.05) is 33.4 Å². The minimum atomic E-state index is -0.0537. The van der Waals surface area contributed by atoms with Crippen LogP contribution in [-0.2, 0) is 9.53 Å². The number of ether oxygens (including phenoxy) is 1. The Morgan fingerprint density at radius 3 is 2.58 bits per heavy atom. The van der Waals surface area contributed by atoms with Crippen LogP contribution in [0.25, 0.3) is 0 Å². The van der Waals surface area contributed by atoms with Crippen LogP contribution in [0.3, 0.4) is 0 Å². The number of carbonyl (C=O) groups is 2. The van der Waals surface area contributed by atoms with Gasteiger partial charge in [-0.25, -0.2) is 0 Å². The summed E-state index contributed by atoms with van der Waals surface area (Å²) in [5.74, 6) is 0.00226. The first kappa shape index (κ1) is 19.1. The molecule has 134 valence electrons. The molecule has 2 rings (SSSR count). The smallest absolute Gasteiger partial charge is 0.220 e. The van der Waals surface area contributed by atoms with E-state index in [4.69, 9.17) is 4.74 Å². The first-order valence-electron chi connectivity index (χ1n) is 8.52. The van der Waals surface area contributed by atoms with Crippen molar-refractivity contribution in [2.24, 2.45) is 5.41 Å². The normalized spacial score (nSPS) is 16.8. The van der Waals surface area contributed by atoms with Crippen LogP contribution in [-0.4, -0.2) is 45.0 Å². The molecule has 0 unspecified atom stereocenters. The Morgan fingerprint density at radius 1 is 1.29 bits per heavy atom. The van der Waals surface area contributed by atoms with Crippen molar-refractivity contribution in [1.82, 2.24) is 10.6 Å². The van der Waals surface area contributed by atoms with E-state index in [2.05, 4.69) is 10.6 Å². The Hall–Kier alpha value is -1.24. The molecule has 2 N–H and O–H groups in total. The average molecular weight is 353 g/mol. The van der Waals surface area contributed by atoms with Gasteiger partial charge < -0.3 is 15.4 Å². The molecule has 0 atom stereocenters. The molecule has 0 aliphatic carbocycles. The van der Waals surface area contributed by atoms with Crippen LogP contribution in [0.4, 0.5) is 0 Å². The highest BCUT2D eigenvalue weighted by Gasteiger charge is 2.32. The van der Waals surface area contributed by atoms with Gasteiger partial charge in [-0.05, 0) is 45.8 Å². The molecule has 1 saturated heterocycles. The van der Waals surface area contributed by atoms with Crippen molar-refractivity contribution in [1.29, 1.82) is 0 Å². The Balaban J connectivity index is 1.80. The average Bonchev–Trinajstić information content (AvgIpc) is 2.90. The lowest BCUT2D eigenvalue weighted by Gasteiger charge is -2.37. The second-order valence-electron chi connectivity index (χ2n) is 6.71. The molecule has 1 fully saturated rings.